The standard InChI is InChI=1S/C16H21N3O6/c20-9-6-17-14-5-4-12(19(23)24)10-13(14)16(22)25-11-15(21)18-7-2-1-3-8-18/h4-5,10,17,20H,1-3,6-9,11H2. The number of hydrogen-bond acceptors (Lipinski definition) is 7. The van der Waals surface area contributed by atoms with E-state index >= 15 is 0 Å². The Balaban J connectivity index is 2.06. The van der Waals surface area contributed by atoms with E-state index in [9.17, 15) is 19.7 Å². The van der Waals surface area contributed by atoms with Gasteiger partial charge in [0, 0.05) is 37.5 Å². The zero-order chi connectivity index (χ0) is 18.2. The number of nitro benzene ring substituents is 1. The summed E-state index contributed by atoms with van der Waals surface area (Å²) in [6, 6.07) is 3.71. The number of rotatable bonds is 7. The van der Waals surface area contributed by atoms with E-state index in [4.69, 9.17) is 9.84 Å². The number of aliphatic hydroxyl groups is 1. The Morgan fingerprint density at radius 3 is 2.64 bits per heavy atom. The zero-order valence-corrected chi connectivity index (χ0v) is 13.8. The number of esters is 1. The molecule has 2 rings (SSSR count). The maximum Gasteiger partial charge on any atom is 0.341 e. The maximum atomic E-state index is 12.3. The molecule has 0 unspecified atom stereocenters. The smallest absolute Gasteiger partial charge is 0.341 e. The number of amides is 1. The van der Waals surface area contributed by atoms with Crippen LogP contribution in [0.1, 0.15) is 29.6 Å². The van der Waals surface area contributed by atoms with Gasteiger partial charge in [-0.25, -0.2) is 4.79 Å². The zero-order valence-electron chi connectivity index (χ0n) is 13.8. The molecule has 9 heteroatoms. The van der Waals surface area contributed by atoms with Gasteiger partial charge in [-0.1, -0.05) is 0 Å². The lowest BCUT2D eigenvalue weighted by Gasteiger charge is -2.26. The molecule has 0 bridgehead atoms. The predicted molar refractivity (Wildman–Crippen MR) is 89.4 cm³/mol. The van der Waals surface area contributed by atoms with Crippen LogP contribution in [-0.4, -0.2) is 59.7 Å². The number of non-ortho nitro benzene ring substituents is 1. The molecule has 2 N–H and O–H groups in total. The molecule has 0 radical (unpaired) electrons. The van der Waals surface area contributed by atoms with Crippen LogP contribution in [0.5, 0.6) is 0 Å². The lowest BCUT2D eigenvalue weighted by molar-refractivity contribution is -0.384. The Bertz CT molecular complexity index is 643. The third kappa shape index (κ3) is 5.15. The highest BCUT2D eigenvalue weighted by Crippen LogP contribution is 2.23. The van der Waals surface area contributed by atoms with Gasteiger partial charge in [-0.3, -0.25) is 14.9 Å². The molecule has 136 valence electrons. The number of carbonyl (C=O) groups excluding carboxylic acids is 2. The van der Waals surface area contributed by atoms with Crippen molar-refractivity contribution in [2.24, 2.45) is 0 Å². The first-order chi connectivity index (χ1) is 12.0. The Morgan fingerprint density at radius 2 is 2.00 bits per heavy atom. The fourth-order valence-corrected chi connectivity index (χ4v) is 2.60. The molecular formula is C16H21N3O6. The Morgan fingerprint density at radius 1 is 1.28 bits per heavy atom. The number of nitro groups is 1. The topological polar surface area (TPSA) is 122 Å². The predicted octanol–water partition coefficient (Wildman–Crippen LogP) is 1.17. The highest BCUT2D eigenvalue weighted by Gasteiger charge is 2.21. The molecule has 1 fully saturated rings. The minimum absolute atomic E-state index is 0.0471. The van der Waals surface area contributed by atoms with Crippen molar-refractivity contribution in [1.29, 1.82) is 0 Å². The second-order valence-corrected chi connectivity index (χ2v) is 5.65. The van der Waals surface area contributed by atoms with Crippen LogP contribution < -0.4 is 5.32 Å². The van der Waals surface area contributed by atoms with E-state index in [1.54, 1.807) is 4.90 Å². The van der Waals surface area contributed by atoms with Crippen LogP contribution in [0.2, 0.25) is 0 Å². The first-order valence-corrected chi connectivity index (χ1v) is 8.11. The van der Waals surface area contributed by atoms with Gasteiger partial charge in [0.1, 0.15) is 0 Å². The SMILES string of the molecule is O=C(OCC(=O)N1CCCCC1)c1cc([N+](=O)[O-])ccc1NCCO. The Labute approximate surface area is 144 Å². The second kappa shape index (κ2) is 8.97. The van der Waals surface area contributed by atoms with Crippen molar-refractivity contribution >= 4 is 23.3 Å². The Hall–Kier alpha value is -2.68. The number of anilines is 1. The fourth-order valence-electron chi connectivity index (χ4n) is 2.60. The number of carbonyl (C=O) groups is 2. The third-order valence-electron chi connectivity index (χ3n) is 3.90. The number of likely N-dealkylation sites (tertiary alicyclic amines) is 1. The molecule has 1 amide bonds. The highest BCUT2D eigenvalue weighted by atomic mass is 16.6. The molecule has 1 heterocycles. The molecule has 1 aromatic rings. The van der Waals surface area contributed by atoms with E-state index in [1.807, 2.05) is 0 Å². The summed E-state index contributed by atoms with van der Waals surface area (Å²) in [4.78, 5) is 36.3. The van der Waals surface area contributed by atoms with Gasteiger partial charge in [0.15, 0.2) is 6.61 Å². The molecule has 1 aliphatic heterocycles. The van der Waals surface area contributed by atoms with E-state index in [0.717, 1.165) is 25.3 Å². The summed E-state index contributed by atoms with van der Waals surface area (Å²) in [5.74, 6) is -1.10. The third-order valence-corrected chi connectivity index (χ3v) is 3.90. The van der Waals surface area contributed by atoms with Crippen LogP contribution in [0, 0.1) is 10.1 Å². The number of aliphatic hydroxyl groups excluding tert-OH is 1. The van der Waals surface area contributed by atoms with Crippen molar-refractivity contribution in [3.05, 3.63) is 33.9 Å². The van der Waals surface area contributed by atoms with E-state index in [0.29, 0.717) is 18.8 Å². The number of ether oxygens (including phenoxy) is 1. The summed E-state index contributed by atoms with van der Waals surface area (Å²) in [5.41, 5.74) is -0.00646. The summed E-state index contributed by atoms with van der Waals surface area (Å²) >= 11 is 0. The number of nitrogens with zero attached hydrogens (tertiary/aromatic N) is 2. The Kier molecular flexibility index (Phi) is 6.70. The van der Waals surface area contributed by atoms with E-state index in [-0.39, 0.29) is 30.3 Å². The van der Waals surface area contributed by atoms with Crippen LogP contribution in [0.3, 0.4) is 0 Å². The van der Waals surface area contributed by atoms with Gasteiger partial charge in [-0.05, 0) is 25.3 Å². The van der Waals surface area contributed by atoms with Gasteiger partial charge in [0.25, 0.3) is 11.6 Å². The average molecular weight is 351 g/mol. The van der Waals surface area contributed by atoms with Gasteiger partial charge < -0.3 is 20.1 Å². The summed E-state index contributed by atoms with van der Waals surface area (Å²) in [6.07, 6.45) is 2.94. The molecule has 0 atom stereocenters. The van der Waals surface area contributed by atoms with Crippen LogP contribution >= 0.6 is 0 Å². The molecule has 0 aliphatic carbocycles. The van der Waals surface area contributed by atoms with Gasteiger partial charge in [-0.15, -0.1) is 0 Å². The molecular weight excluding hydrogens is 330 g/mol. The minimum atomic E-state index is -0.825. The van der Waals surface area contributed by atoms with E-state index < -0.39 is 17.5 Å². The average Bonchev–Trinajstić information content (AvgIpc) is 2.64. The summed E-state index contributed by atoms with van der Waals surface area (Å²) in [5, 5.41) is 22.6. The van der Waals surface area contributed by atoms with Gasteiger partial charge in [-0.2, -0.15) is 0 Å². The maximum absolute atomic E-state index is 12.3. The molecule has 0 spiro atoms. The van der Waals surface area contributed by atoms with Crippen LogP contribution in [0.4, 0.5) is 11.4 Å². The lowest BCUT2D eigenvalue weighted by atomic mass is 10.1. The fraction of sp³-hybridized carbons (Fsp3) is 0.500. The van der Waals surface area contributed by atoms with Gasteiger partial charge in [0.2, 0.25) is 0 Å². The molecule has 9 nitrogen and oxygen atoms in total. The summed E-state index contributed by atoms with van der Waals surface area (Å²) in [6.45, 7) is 0.900. The molecule has 0 saturated carbocycles. The van der Waals surface area contributed by atoms with Crippen molar-refractivity contribution in [3.8, 4) is 0 Å². The van der Waals surface area contributed by atoms with Crippen molar-refractivity contribution < 1.29 is 24.4 Å². The van der Waals surface area contributed by atoms with E-state index in [2.05, 4.69) is 5.32 Å². The summed E-state index contributed by atoms with van der Waals surface area (Å²) in [7, 11) is 0. The van der Waals surface area contributed by atoms with E-state index in [1.165, 1.54) is 12.1 Å². The first kappa shape index (κ1) is 18.7. The van der Waals surface area contributed by atoms with Crippen molar-refractivity contribution in [3.63, 3.8) is 0 Å². The van der Waals surface area contributed by atoms with Gasteiger partial charge in [0.05, 0.1) is 17.1 Å². The highest BCUT2D eigenvalue weighted by molar-refractivity contribution is 5.97. The molecule has 1 saturated heterocycles. The number of hydrogen-bond donors (Lipinski definition) is 2. The molecule has 0 aromatic heterocycles. The number of benzene rings is 1. The van der Waals surface area contributed by atoms with Gasteiger partial charge >= 0.3 is 5.97 Å². The first-order valence-electron chi connectivity index (χ1n) is 8.11. The van der Waals surface area contributed by atoms with Crippen molar-refractivity contribution in [2.45, 2.75) is 19.3 Å². The number of nitrogens with one attached hydrogen (secondary N) is 1. The van der Waals surface area contributed by atoms with Crippen LogP contribution in [-0.2, 0) is 9.53 Å². The van der Waals surface area contributed by atoms with Crippen molar-refractivity contribution in [2.75, 3.05) is 38.2 Å². The largest absolute Gasteiger partial charge is 0.452 e. The summed E-state index contributed by atoms with van der Waals surface area (Å²) < 4.78 is 5.04. The molecule has 1 aliphatic rings. The lowest BCUT2D eigenvalue weighted by Crippen LogP contribution is -2.38. The molecule has 25 heavy (non-hydrogen) atoms. The van der Waals surface area contributed by atoms with Crippen LogP contribution in [0.15, 0.2) is 18.2 Å². The minimum Gasteiger partial charge on any atom is -0.452 e. The quantitative estimate of drug-likeness (QED) is 0.429. The second-order valence-electron chi connectivity index (χ2n) is 5.65. The monoisotopic (exact) mass is 351 g/mol. The normalized spacial score (nSPS) is 14.0. The molecule has 1 aromatic carbocycles. The van der Waals surface area contributed by atoms with Crippen LogP contribution in [0.25, 0.3) is 0 Å². The van der Waals surface area contributed by atoms with Crippen molar-refractivity contribution in [1.82, 2.24) is 4.90 Å². The number of piperidine rings is 1.